The molecule has 0 aliphatic rings. The molecule has 0 radical (unpaired) electrons. The zero-order valence-electron chi connectivity index (χ0n) is 11.4. The lowest BCUT2D eigenvalue weighted by molar-refractivity contribution is 0.320. The van der Waals surface area contributed by atoms with Crippen LogP contribution in [-0.2, 0) is 0 Å². The molecule has 0 heterocycles. The van der Waals surface area contributed by atoms with Gasteiger partial charge in [0.2, 0.25) is 0 Å². The van der Waals surface area contributed by atoms with E-state index in [0.717, 1.165) is 38.2 Å². The van der Waals surface area contributed by atoms with Gasteiger partial charge in [0.15, 0.2) is 0 Å². The van der Waals surface area contributed by atoms with Crippen molar-refractivity contribution in [1.29, 1.82) is 0 Å². The first kappa shape index (κ1) is 14.6. The number of fused-ring (bicyclic) bond motifs is 2. The Balaban J connectivity index is 2.25. The van der Waals surface area contributed by atoms with Gasteiger partial charge in [-0.1, -0.05) is 33.6 Å². The fourth-order valence-electron chi connectivity index (χ4n) is 2.44. The molecule has 0 bridgehead atoms. The minimum absolute atomic E-state index is 0.604. The molecule has 2 nitrogen and oxygen atoms in total. The summed E-state index contributed by atoms with van der Waals surface area (Å²) in [6.45, 7) is 1.22. The Labute approximate surface area is 137 Å². The summed E-state index contributed by atoms with van der Waals surface area (Å²) < 4.78 is 7.07. The van der Waals surface area contributed by atoms with Crippen molar-refractivity contribution in [2.75, 3.05) is 13.2 Å². The van der Waals surface area contributed by atoms with Crippen LogP contribution in [0.4, 0.5) is 0 Å². The molecule has 4 heteroatoms. The Morgan fingerprint density at radius 1 is 1.00 bits per heavy atom. The van der Waals surface area contributed by atoms with Gasteiger partial charge in [-0.3, -0.25) is 0 Å². The minimum Gasteiger partial charge on any atom is -0.492 e. The molecule has 0 saturated carbocycles. The van der Waals surface area contributed by atoms with Gasteiger partial charge in [-0.25, -0.2) is 0 Å². The highest BCUT2D eigenvalue weighted by molar-refractivity contribution is 9.10. The van der Waals surface area contributed by atoms with Crippen molar-refractivity contribution < 1.29 is 4.74 Å². The van der Waals surface area contributed by atoms with E-state index in [2.05, 4.69) is 34.1 Å². The SMILES string of the molecule is NCCCOc1c2ccc(Br)cc2cc2ccc(Cl)cc12. The van der Waals surface area contributed by atoms with Gasteiger partial charge >= 0.3 is 0 Å². The number of nitrogens with two attached hydrogens (primary N) is 1. The molecule has 3 aromatic rings. The number of rotatable bonds is 4. The van der Waals surface area contributed by atoms with Crippen molar-refractivity contribution in [3.05, 3.63) is 52.0 Å². The number of benzene rings is 3. The molecular weight excluding hydrogens is 350 g/mol. The molecule has 2 N–H and O–H groups in total. The van der Waals surface area contributed by atoms with Crippen LogP contribution in [0.15, 0.2) is 46.9 Å². The monoisotopic (exact) mass is 363 g/mol. The van der Waals surface area contributed by atoms with Crippen molar-refractivity contribution >= 4 is 49.1 Å². The van der Waals surface area contributed by atoms with E-state index >= 15 is 0 Å². The second kappa shape index (κ2) is 6.22. The maximum atomic E-state index is 6.15. The van der Waals surface area contributed by atoms with Gasteiger partial charge in [-0.05, 0) is 60.1 Å². The predicted molar refractivity (Wildman–Crippen MR) is 93.3 cm³/mol. The fraction of sp³-hybridized carbons (Fsp3) is 0.176. The highest BCUT2D eigenvalue weighted by Gasteiger charge is 2.10. The van der Waals surface area contributed by atoms with Crippen LogP contribution in [0, 0.1) is 0 Å². The van der Waals surface area contributed by atoms with Crippen LogP contribution in [0.1, 0.15) is 6.42 Å². The van der Waals surface area contributed by atoms with Gasteiger partial charge in [0.05, 0.1) is 6.61 Å². The van der Waals surface area contributed by atoms with Gasteiger partial charge in [-0.2, -0.15) is 0 Å². The molecule has 0 aliphatic heterocycles. The van der Waals surface area contributed by atoms with Crippen LogP contribution >= 0.6 is 27.5 Å². The topological polar surface area (TPSA) is 35.2 Å². The quantitative estimate of drug-likeness (QED) is 0.514. The van der Waals surface area contributed by atoms with E-state index in [0.29, 0.717) is 18.2 Å². The normalized spacial score (nSPS) is 11.2. The molecule has 3 rings (SSSR count). The van der Waals surface area contributed by atoms with E-state index in [4.69, 9.17) is 22.1 Å². The Morgan fingerprint density at radius 2 is 1.86 bits per heavy atom. The Bertz CT molecular complexity index is 803. The zero-order valence-corrected chi connectivity index (χ0v) is 13.7. The second-order valence-electron chi connectivity index (χ2n) is 4.93. The molecule has 108 valence electrons. The minimum atomic E-state index is 0.604. The second-order valence-corrected chi connectivity index (χ2v) is 6.28. The summed E-state index contributed by atoms with van der Waals surface area (Å²) in [6.07, 6.45) is 0.828. The van der Waals surface area contributed by atoms with Crippen molar-refractivity contribution in [2.45, 2.75) is 6.42 Å². The summed E-state index contributed by atoms with van der Waals surface area (Å²) in [4.78, 5) is 0. The van der Waals surface area contributed by atoms with Crippen LogP contribution in [0.2, 0.25) is 5.02 Å². The third kappa shape index (κ3) is 3.00. The average Bonchev–Trinajstić information content (AvgIpc) is 2.47. The zero-order chi connectivity index (χ0) is 14.8. The van der Waals surface area contributed by atoms with E-state index in [9.17, 15) is 0 Å². The molecule has 21 heavy (non-hydrogen) atoms. The summed E-state index contributed by atoms with van der Waals surface area (Å²) >= 11 is 9.66. The maximum absolute atomic E-state index is 6.15. The lowest BCUT2D eigenvalue weighted by atomic mass is 10.0. The van der Waals surface area contributed by atoms with Crippen LogP contribution in [0.5, 0.6) is 5.75 Å². The molecule has 0 spiro atoms. The maximum Gasteiger partial charge on any atom is 0.134 e. The highest BCUT2D eigenvalue weighted by Crippen LogP contribution is 2.37. The van der Waals surface area contributed by atoms with E-state index in [1.807, 2.05) is 24.3 Å². The van der Waals surface area contributed by atoms with E-state index in [1.165, 1.54) is 0 Å². The van der Waals surface area contributed by atoms with Crippen molar-refractivity contribution in [1.82, 2.24) is 0 Å². The molecule has 0 amide bonds. The number of halogens is 2. The highest BCUT2D eigenvalue weighted by atomic mass is 79.9. The first-order valence-corrected chi connectivity index (χ1v) is 8.00. The fourth-order valence-corrected chi connectivity index (χ4v) is 2.99. The lowest BCUT2D eigenvalue weighted by Gasteiger charge is -2.13. The first-order valence-electron chi connectivity index (χ1n) is 6.83. The van der Waals surface area contributed by atoms with Crippen LogP contribution < -0.4 is 10.5 Å². The summed E-state index contributed by atoms with van der Waals surface area (Å²) in [5.74, 6) is 0.881. The number of ether oxygens (including phenoxy) is 1. The molecule has 0 aromatic heterocycles. The van der Waals surface area contributed by atoms with Crippen molar-refractivity contribution in [3.63, 3.8) is 0 Å². The van der Waals surface area contributed by atoms with Gasteiger partial charge in [0, 0.05) is 20.3 Å². The summed E-state index contributed by atoms with van der Waals surface area (Å²) in [7, 11) is 0. The lowest BCUT2D eigenvalue weighted by Crippen LogP contribution is -2.06. The van der Waals surface area contributed by atoms with Gasteiger partial charge in [-0.15, -0.1) is 0 Å². The van der Waals surface area contributed by atoms with Crippen LogP contribution in [0.3, 0.4) is 0 Å². The first-order chi connectivity index (χ1) is 10.2. The van der Waals surface area contributed by atoms with E-state index < -0.39 is 0 Å². The molecular formula is C17H15BrClNO. The van der Waals surface area contributed by atoms with Gasteiger partial charge in [0.1, 0.15) is 5.75 Å². The third-order valence-electron chi connectivity index (χ3n) is 3.42. The Morgan fingerprint density at radius 3 is 2.67 bits per heavy atom. The third-order valence-corrected chi connectivity index (χ3v) is 4.15. The molecule has 0 unspecified atom stereocenters. The standard InChI is InChI=1S/C17H15BrClNO/c18-13-3-5-15-12(9-13)8-11-2-4-14(19)10-16(11)17(15)21-7-1-6-20/h2-5,8-10H,1,6-7,20H2. The summed E-state index contributed by atoms with van der Waals surface area (Å²) in [6, 6.07) is 14.2. The Hall–Kier alpha value is -1.29. The average molecular weight is 365 g/mol. The van der Waals surface area contributed by atoms with Gasteiger partial charge in [0.25, 0.3) is 0 Å². The predicted octanol–water partition coefficient (Wildman–Crippen LogP) is 5.14. The number of hydrogen-bond donors (Lipinski definition) is 1. The van der Waals surface area contributed by atoms with Crippen LogP contribution in [-0.4, -0.2) is 13.2 Å². The van der Waals surface area contributed by atoms with Crippen molar-refractivity contribution in [2.24, 2.45) is 5.73 Å². The summed E-state index contributed by atoms with van der Waals surface area (Å²) in [5.41, 5.74) is 5.55. The Kier molecular flexibility index (Phi) is 4.34. The molecule has 0 aliphatic carbocycles. The summed E-state index contributed by atoms with van der Waals surface area (Å²) in [5, 5.41) is 5.09. The van der Waals surface area contributed by atoms with Gasteiger partial charge < -0.3 is 10.5 Å². The molecule has 0 atom stereocenters. The largest absolute Gasteiger partial charge is 0.492 e. The molecule has 0 fully saturated rings. The van der Waals surface area contributed by atoms with Crippen molar-refractivity contribution in [3.8, 4) is 5.75 Å². The molecule has 3 aromatic carbocycles. The smallest absolute Gasteiger partial charge is 0.134 e. The van der Waals surface area contributed by atoms with E-state index in [-0.39, 0.29) is 0 Å². The molecule has 0 saturated heterocycles. The number of hydrogen-bond acceptors (Lipinski definition) is 2. The van der Waals surface area contributed by atoms with E-state index in [1.54, 1.807) is 0 Å². The van der Waals surface area contributed by atoms with Crippen LogP contribution in [0.25, 0.3) is 21.5 Å².